The van der Waals surface area contributed by atoms with Crippen LogP contribution in [0.5, 0.6) is 0 Å². The van der Waals surface area contributed by atoms with Crippen molar-refractivity contribution >= 4 is 77.8 Å². The molecule has 8 aromatic carbocycles. The van der Waals surface area contributed by atoms with Gasteiger partial charge in [-0.3, -0.25) is 18.7 Å². The maximum absolute atomic E-state index is 2.52. The second-order valence-corrected chi connectivity index (χ2v) is 20.8. The second kappa shape index (κ2) is 22.1. The molecule has 0 saturated carbocycles. The van der Waals surface area contributed by atoms with E-state index in [1.165, 1.54) is 77.9 Å². The Labute approximate surface area is 472 Å². The molecule has 0 saturated heterocycles. The predicted octanol–water partition coefficient (Wildman–Crippen LogP) is 18.7. The van der Waals surface area contributed by atoms with Gasteiger partial charge in [0.2, 0.25) is 0 Å². The predicted molar refractivity (Wildman–Crippen MR) is 339 cm³/mol. The third kappa shape index (κ3) is 8.60. The summed E-state index contributed by atoms with van der Waals surface area (Å²) in [5.41, 5.74) is 18.8. The molecule has 0 aliphatic heterocycles. The Hall–Kier alpha value is -8.88. The lowest BCUT2D eigenvalue weighted by Crippen LogP contribution is -2.31. The fourth-order valence-electron chi connectivity index (χ4n) is 12.6. The molecule has 0 amide bonds. The lowest BCUT2D eigenvalue weighted by atomic mass is 9.90. The minimum Gasteiger partial charge on any atom is -0.257 e. The zero-order valence-electron chi connectivity index (χ0n) is 47.9. The Balaban J connectivity index is 1.34. The highest BCUT2D eigenvalue weighted by Gasteiger charge is 2.32. The molecule has 0 atom stereocenters. The Kier molecular flexibility index (Phi) is 14.3. The van der Waals surface area contributed by atoms with Gasteiger partial charge in [0.05, 0.1) is 45.5 Å². The summed E-state index contributed by atoms with van der Waals surface area (Å²) in [5, 5.41) is 17.2. The number of benzene rings is 8. The van der Waals surface area contributed by atoms with Gasteiger partial charge in [-0.1, -0.05) is 152 Å². The van der Waals surface area contributed by atoms with E-state index in [9.17, 15) is 0 Å². The van der Waals surface area contributed by atoms with E-state index >= 15 is 0 Å². The van der Waals surface area contributed by atoms with Crippen molar-refractivity contribution in [3.8, 4) is 0 Å². The summed E-state index contributed by atoms with van der Waals surface area (Å²) in [5.74, 6) is 0. The number of aromatic nitrogens is 4. The molecule has 0 N–H and O–H groups in total. The van der Waals surface area contributed by atoms with Gasteiger partial charge in [0.25, 0.3) is 0 Å². The van der Waals surface area contributed by atoms with Crippen LogP contribution < -0.4 is 20.0 Å². The third-order valence-electron chi connectivity index (χ3n) is 16.5. The van der Waals surface area contributed by atoms with Gasteiger partial charge in [0.15, 0.2) is 0 Å². The molecule has 12 aromatic rings. The maximum atomic E-state index is 2.52. The summed E-state index contributed by atoms with van der Waals surface area (Å²) in [6.07, 6.45) is 6.97. The van der Waals surface area contributed by atoms with E-state index in [0.29, 0.717) is 0 Å². The van der Waals surface area contributed by atoms with E-state index in [0.717, 1.165) is 96.9 Å². The largest absolute Gasteiger partial charge is 0.257 e. The van der Waals surface area contributed by atoms with E-state index in [1.54, 1.807) is 0 Å². The van der Waals surface area contributed by atoms with Crippen LogP contribution in [0.3, 0.4) is 0 Å². The lowest BCUT2D eigenvalue weighted by Gasteiger charge is -2.37. The fraction of sp³-hybridized carbons (Fsp3) is 0.222. The quantitative estimate of drug-likeness (QED) is 0.0712. The van der Waals surface area contributed by atoms with Crippen molar-refractivity contribution in [1.82, 2.24) is 18.7 Å². The average Bonchev–Trinajstić information content (AvgIpc) is 4.37. The van der Waals surface area contributed by atoms with Crippen LogP contribution in [0.15, 0.2) is 206 Å². The summed E-state index contributed by atoms with van der Waals surface area (Å²) < 4.78 is 10.0. The van der Waals surface area contributed by atoms with Crippen molar-refractivity contribution in [3.05, 3.63) is 252 Å². The molecule has 8 heteroatoms. The molecule has 402 valence electrons. The normalized spacial score (nSPS) is 11.7. The van der Waals surface area contributed by atoms with Gasteiger partial charge in [-0.25, -0.2) is 20.0 Å². The summed E-state index contributed by atoms with van der Waals surface area (Å²) >= 11 is 0. The molecule has 4 aromatic heterocycles. The molecule has 0 radical (unpaired) electrons. The molecular formula is C72H74N8. The number of nitrogens with zero attached hydrogens (tertiary/aromatic N) is 8. The smallest absolute Gasteiger partial charge is 0.0737 e. The summed E-state index contributed by atoms with van der Waals surface area (Å²) in [6, 6.07) is 77.5. The van der Waals surface area contributed by atoms with Gasteiger partial charge in [-0.05, 0) is 161 Å². The van der Waals surface area contributed by atoms with Crippen molar-refractivity contribution in [2.45, 2.75) is 107 Å². The van der Waals surface area contributed by atoms with Crippen molar-refractivity contribution in [3.63, 3.8) is 0 Å². The van der Waals surface area contributed by atoms with Crippen LogP contribution in [-0.4, -0.2) is 18.7 Å². The number of hydrogen-bond donors (Lipinski definition) is 0. The Bertz CT molecular complexity index is 3460. The van der Waals surface area contributed by atoms with Crippen LogP contribution in [0.4, 0.5) is 45.5 Å². The molecule has 0 aliphatic carbocycles. The molecular weight excluding hydrogens is 977 g/mol. The molecule has 0 bridgehead atoms. The first kappa shape index (κ1) is 51.9. The number of aryl methyl sites for hydroxylation is 8. The molecule has 0 aliphatic rings. The average molecular weight is 1050 g/mol. The van der Waals surface area contributed by atoms with Crippen molar-refractivity contribution < 1.29 is 0 Å². The van der Waals surface area contributed by atoms with Crippen LogP contribution in [-0.2, 0) is 51.4 Å². The van der Waals surface area contributed by atoms with Gasteiger partial charge >= 0.3 is 0 Å². The number of anilines is 8. The number of rotatable bonds is 20. The van der Waals surface area contributed by atoms with E-state index in [2.05, 4.69) is 300 Å². The minimum atomic E-state index is 0.871. The van der Waals surface area contributed by atoms with Crippen molar-refractivity contribution in [2.75, 3.05) is 20.0 Å². The van der Waals surface area contributed by atoms with Crippen molar-refractivity contribution in [1.29, 1.82) is 0 Å². The fourth-order valence-corrected chi connectivity index (χ4v) is 12.6. The Morgan fingerprint density at radius 3 is 0.562 bits per heavy atom. The van der Waals surface area contributed by atoms with E-state index in [-0.39, 0.29) is 0 Å². The Morgan fingerprint density at radius 2 is 0.400 bits per heavy atom. The topological polar surface area (TPSA) is 32.7 Å². The summed E-state index contributed by atoms with van der Waals surface area (Å²) in [4.78, 5) is 0. The highest BCUT2D eigenvalue weighted by Crippen LogP contribution is 2.53. The van der Waals surface area contributed by atoms with Gasteiger partial charge in [-0.2, -0.15) is 0 Å². The van der Waals surface area contributed by atoms with Gasteiger partial charge < -0.3 is 0 Å². The highest BCUT2D eigenvalue weighted by molar-refractivity contribution is 6.32. The van der Waals surface area contributed by atoms with E-state index in [1.807, 2.05) is 0 Å². The minimum absolute atomic E-state index is 0.871. The van der Waals surface area contributed by atoms with Gasteiger partial charge in [-0.15, -0.1) is 0 Å². The zero-order valence-corrected chi connectivity index (χ0v) is 47.9. The second-order valence-electron chi connectivity index (χ2n) is 20.8. The first-order chi connectivity index (χ1) is 39.4. The molecule has 0 fully saturated rings. The first-order valence-corrected chi connectivity index (χ1v) is 29.4. The van der Waals surface area contributed by atoms with Crippen LogP contribution in [0.2, 0.25) is 0 Å². The van der Waals surface area contributed by atoms with Crippen molar-refractivity contribution in [2.24, 2.45) is 0 Å². The zero-order chi connectivity index (χ0) is 55.0. The molecule has 8 nitrogen and oxygen atoms in total. The van der Waals surface area contributed by atoms with E-state index in [4.69, 9.17) is 0 Å². The summed E-state index contributed by atoms with van der Waals surface area (Å²) in [7, 11) is 0. The van der Waals surface area contributed by atoms with Gasteiger partial charge in [0, 0.05) is 77.9 Å². The first-order valence-electron chi connectivity index (χ1n) is 29.4. The SMILES string of the molecule is CCc1ccc(CC)n1N(c1ccccc1)c1cc(N(c2ccccc2)n2c(CC)ccc2CC)c2ccc3c(N(c4ccccc4)n4c(CC)ccc4CC)cc(N(c4ccccc4)n4c(CC)ccc4CC)c4ccc1c2c43. The third-order valence-corrected chi connectivity index (χ3v) is 16.5. The summed E-state index contributed by atoms with van der Waals surface area (Å²) in [6.45, 7) is 18.2. The number of hydrogen-bond acceptors (Lipinski definition) is 4. The standard InChI is InChI=1S/C72H74N8/c1-9-51-37-38-52(10-2)73(51)77(59-29-21-17-22-30-59)67-49-68(78(60-31-23-18-24-32-60)74-53(11-3)39-40-54(74)12-4)64-47-48-66-70(80(62-35-27-20-28-36-62)76-57(15-7)43-44-58(76)16-8)50-69(65-46-45-63(67)71(64)72(65)66)79(61-33-25-19-26-34-61)75-55(13-5)41-42-56(75)14-6/h17-50H,9-16H2,1-8H3. The molecule has 4 heterocycles. The molecule has 0 unspecified atom stereocenters. The van der Waals surface area contributed by atoms with E-state index < -0.39 is 0 Å². The van der Waals surface area contributed by atoms with Crippen LogP contribution >= 0.6 is 0 Å². The monoisotopic (exact) mass is 1050 g/mol. The van der Waals surface area contributed by atoms with Gasteiger partial charge in [0.1, 0.15) is 0 Å². The lowest BCUT2D eigenvalue weighted by molar-refractivity contribution is 0.717. The highest BCUT2D eigenvalue weighted by atomic mass is 15.6. The van der Waals surface area contributed by atoms with Crippen LogP contribution in [0, 0.1) is 0 Å². The molecule has 80 heavy (non-hydrogen) atoms. The van der Waals surface area contributed by atoms with Crippen LogP contribution in [0.1, 0.15) is 101 Å². The van der Waals surface area contributed by atoms with Crippen LogP contribution in [0.25, 0.3) is 32.3 Å². The number of para-hydroxylation sites is 4. The molecule has 0 spiro atoms. The maximum Gasteiger partial charge on any atom is 0.0737 e. The molecule has 12 rings (SSSR count). The Morgan fingerprint density at radius 1 is 0.225 bits per heavy atom.